The number of carboxylic acids is 1. The molecule has 6 rings (SSSR count). The quantitative estimate of drug-likeness (QED) is 0.109. The van der Waals surface area contributed by atoms with Gasteiger partial charge in [0.05, 0.1) is 29.5 Å². The minimum Gasteiger partial charge on any atom is -0.497 e. The van der Waals surface area contributed by atoms with E-state index in [0.717, 1.165) is 32.9 Å². The summed E-state index contributed by atoms with van der Waals surface area (Å²) < 4.78 is 11.4. The molecule has 2 unspecified atom stereocenters. The number of ketones is 1. The first-order valence-corrected chi connectivity index (χ1v) is 16.7. The van der Waals surface area contributed by atoms with Crippen LogP contribution in [0.4, 0.5) is 5.69 Å². The van der Waals surface area contributed by atoms with Gasteiger partial charge in [0, 0.05) is 16.9 Å². The molecule has 5 aromatic rings. The molecule has 2 atom stereocenters. The molecule has 0 saturated heterocycles. The molecular weight excluding hydrogens is 642 g/mol. The highest BCUT2D eigenvalue weighted by molar-refractivity contribution is 6.34. The molecule has 0 aromatic heterocycles. The average Bonchev–Trinajstić information content (AvgIpc) is 3.38. The highest BCUT2D eigenvalue weighted by Gasteiger charge is 2.37. The van der Waals surface area contributed by atoms with E-state index >= 15 is 0 Å². The topological polar surface area (TPSA) is 110 Å². The number of carboxylic acid groups (broad SMARTS) is 1. The number of rotatable bonds is 11. The van der Waals surface area contributed by atoms with Crippen molar-refractivity contribution in [3.05, 3.63) is 154 Å². The minimum atomic E-state index is -1.16. The Morgan fingerprint density at radius 1 is 0.706 bits per heavy atom. The predicted molar refractivity (Wildman–Crippen MR) is 196 cm³/mol. The van der Waals surface area contributed by atoms with Crippen LogP contribution in [0.5, 0.6) is 17.2 Å². The first-order valence-electron chi connectivity index (χ1n) is 16.7. The molecule has 1 N–H and O–H groups in total. The van der Waals surface area contributed by atoms with Crippen LogP contribution >= 0.6 is 0 Å². The SMILES string of the molecule is COc1ccc(C(C)(C)c2ccc(Oc3ccc4c(c3)C(=O)N(c3cccc(C(C)C(C)C(=O)c5cc(C)ccc5C(=O)O)c3)C4=O)cc2)cc1. The molecular formula is C43H39NO7. The summed E-state index contributed by atoms with van der Waals surface area (Å²) in [6, 6.07) is 32.3. The van der Waals surface area contributed by atoms with Crippen LogP contribution in [0.25, 0.3) is 0 Å². The average molecular weight is 682 g/mol. The maximum absolute atomic E-state index is 13.7. The maximum Gasteiger partial charge on any atom is 0.336 e. The monoisotopic (exact) mass is 681 g/mol. The Morgan fingerprint density at radius 3 is 1.94 bits per heavy atom. The molecule has 0 bridgehead atoms. The van der Waals surface area contributed by atoms with Gasteiger partial charge >= 0.3 is 5.97 Å². The zero-order valence-corrected chi connectivity index (χ0v) is 29.4. The second-order valence-electron chi connectivity index (χ2n) is 13.5. The lowest BCUT2D eigenvalue weighted by Crippen LogP contribution is -2.29. The summed E-state index contributed by atoms with van der Waals surface area (Å²) in [5.74, 6) is -1.50. The van der Waals surface area contributed by atoms with Crippen molar-refractivity contribution in [2.45, 2.75) is 46.0 Å². The summed E-state index contributed by atoms with van der Waals surface area (Å²) in [5.41, 5.74) is 4.49. The number of hydrogen-bond acceptors (Lipinski definition) is 6. The second-order valence-corrected chi connectivity index (χ2v) is 13.5. The molecule has 0 spiro atoms. The first kappa shape index (κ1) is 34.8. The van der Waals surface area contributed by atoms with Crippen molar-refractivity contribution in [2.75, 3.05) is 12.0 Å². The molecule has 1 aliphatic rings. The Hall–Kier alpha value is -6.02. The van der Waals surface area contributed by atoms with Gasteiger partial charge in [0.1, 0.15) is 17.2 Å². The molecule has 0 fully saturated rings. The van der Waals surface area contributed by atoms with E-state index in [1.54, 1.807) is 69.5 Å². The van der Waals surface area contributed by atoms with Gasteiger partial charge in [0.25, 0.3) is 11.8 Å². The predicted octanol–water partition coefficient (Wildman–Crippen LogP) is 9.24. The molecule has 0 radical (unpaired) electrons. The molecule has 0 aliphatic carbocycles. The van der Waals surface area contributed by atoms with E-state index in [0.29, 0.717) is 17.2 Å². The summed E-state index contributed by atoms with van der Waals surface area (Å²) in [6.45, 7) is 9.74. The van der Waals surface area contributed by atoms with E-state index in [9.17, 15) is 24.3 Å². The van der Waals surface area contributed by atoms with Crippen LogP contribution in [0.3, 0.4) is 0 Å². The standard InChI is InChI=1S/C43H39NO7/c1-25-10-20-36(42(48)49)37(22-25)39(45)27(3)26(2)28-8-7-9-31(23-28)44-40(46)35-21-19-34(24-38(35)41(44)47)51-33-17-13-30(14-18-33)43(4,5)29-11-15-32(50-6)16-12-29/h7-24,26-27H,1-6H3,(H,48,49). The van der Waals surface area contributed by atoms with Gasteiger partial charge < -0.3 is 14.6 Å². The number of anilines is 1. The van der Waals surface area contributed by atoms with Crippen LogP contribution in [0.15, 0.2) is 109 Å². The van der Waals surface area contributed by atoms with Gasteiger partial charge in [-0.05, 0) is 96.3 Å². The van der Waals surface area contributed by atoms with E-state index in [-0.39, 0.29) is 39.4 Å². The van der Waals surface area contributed by atoms with E-state index in [4.69, 9.17) is 9.47 Å². The number of methoxy groups -OCH3 is 1. The summed E-state index contributed by atoms with van der Waals surface area (Å²) in [5, 5.41) is 9.67. The molecule has 5 aromatic carbocycles. The van der Waals surface area contributed by atoms with Crippen molar-refractivity contribution >= 4 is 29.3 Å². The van der Waals surface area contributed by atoms with Crippen LogP contribution in [0.2, 0.25) is 0 Å². The fourth-order valence-electron chi connectivity index (χ4n) is 6.52. The van der Waals surface area contributed by atoms with Crippen LogP contribution in [0.1, 0.15) is 97.3 Å². The largest absolute Gasteiger partial charge is 0.497 e. The molecule has 8 heteroatoms. The first-order chi connectivity index (χ1) is 24.3. The molecule has 2 amide bonds. The van der Waals surface area contributed by atoms with Crippen molar-refractivity contribution in [3.8, 4) is 17.2 Å². The highest BCUT2D eigenvalue weighted by atomic mass is 16.5. The van der Waals surface area contributed by atoms with Gasteiger partial charge in [-0.1, -0.05) is 75.7 Å². The number of benzene rings is 5. The van der Waals surface area contributed by atoms with Gasteiger partial charge in [-0.2, -0.15) is 0 Å². The highest BCUT2D eigenvalue weighted by Crippen LogP contribution is 2.37. The Balaban J connectivity index is 1.18. The van der Waals surface area contributed by atoms with E-state index in [1.165, 1.54) is 6.07 Å². The third-order valence-corrected chi connectivity index (χ3v) is 9.97. The van der Waals surface area contributed by atoms with Crippen LogP contribution in [-0.4, -0.2) is 35.8 Å². The van der Waals surface area contributed by atoms with Gasteiger partial charge in [-0.25, -0.2) is 9.69 Å². The Morgan fingerprint density at radius 2 is 1.31 bits per heavy atom. The lowest BCUT2D eigenvalue weighted by atomic mass is 9.78. The summed E-state index contributed by atoms with van der Waals surface area (Å²) in [6.07, 6.45) is 0. The van der Waals surface area contributed by atoms with Crippen LogP contribution in [0, 0.1) is 12.8 Å². The van der Waals surface area contributed by atoms with Crippen molar-refractivity contribution in [1.82, 2.24) is 0 Å². The number of aromatic carboxylic acids is 1. The van der Waals surface area contributed by atoms with Crippen LogP contribution in [-0.2, 0) is 5.41 Å². The van der Waals surface area contributed by atoms with Gasteiger partial charge in [-0.15, -0.1) is 0 Å². The molecule has 258 valence electrons. The Labute approximate surface area is 297 Å². The number of fused-ring (bicyclic) bond motifs is 1. The molecule has 8 nitrogen and oxygen atoms in total. The number of carbonyl (C=O) groups is 4. The van der Waals surface area contributed by atoms with Crippen molar-refractivity contribution < 1.29 is 33.8 Å². The maximum atomic E-state index is 13.7. The molecule has 1 heterocycles. The van der Waals surface area contributed by atoms with E-state index in [2.05, 4.69) is 26.0 Å². The van der Waals surface area contributed by atoms with E-state index in [1.807, 2.05) is 49.4 Å². The van der Waals surface area contributed by atoms with Gasteiger partial charge in [0.15, 0.2) is 5.78 Å². The zero-order valence-electron chi connectivity index (χ0n) is 29.4. The number of carbonyl (C=O) groups excluding carboxylic acids is 3. The lowest BCUT2D eigenvalue weighted by Gasteiger charge is -2.26. The second kappa shape index (κ2) is 13.7. The lowest BCUT2D eigenvalue weighted by molar-refractivity contribution is 0.0689. The van der Waals surface area contributed by atoms with Crippen molar-refractivity contribution in [2.24, 2.45) is 5.92 Å². The number of Topliss-reactive ketones (excluding diaryl/α,β-unsaturated/α-hetero) is 1. The van der Waals surface area contributed by atoms with Gasteiger partial charge in [0.2, 0.25) is 0 Å². The summed E-state index contributed by atoms with van der Waals surface area (Å²) >= 11 is 0. The molecule has 0 saturated carbocycles. The van der Waals surface area contributed by atoms with E-state index < -0.39 is 23.7 Å². The Bertz CT molecular complexity index is 2170. The Kier molecular flexibility index (Phi) is 9.36. The number of amides is 2. The number of aryl methyl sites for hydroxylation is 1. The number of hydrogen-bond donors (Lipinski definition) is 1. The summed E-state index contributed by atoms with van der Waals surface area (Å²) in [7, 11) is 1.65. The fourth-order valence-corrected chi connectivity index (χ4v) is 6.52. The smallest absolute Gasteiger partial charge is 0.336 e. The summed E-state index contributed by atoms with van der Waals surface area (Å²) in [4.78, 5) is 53.8. The number of ether oxygens (including phenoxy) is 2. The van der Waals surface area contributed by atoms with Crippen molar-refractivity contribution in [3.63, 3.8) is 0 Å². The van der Waals surface area contributed by atoms with Crippen LogP contribution < -0.4 is 14.4 Å². The normalized spacial score (nSPS) is 13.8. The zero-order chi connectivity index (χ0) is 36.6. The number of nitrogens with zero attached hydrogens (tertiary/aromatic N) is 1. The third kappa shape index (κ3) is 6.65. The minimum absolute atomic E-state index is 0.0431. The molecule has 51 heavy (non-hydrogen) atoms. The van der Waals surface area contributed by atoms with Crippen molar-refractivity contribution in [1.29, 1.82) is 0 Å². The fraction of sp³-hybridized carbons (Fsp3) is 0.209. The third-order valence-electron chi connectivity index (χ3n) is 9.97. The van der Waals surface area contributed by atoms with Gasteiger partial charge in [-0.3, -0.25) is 14.4 Å². The number of imide groups is 1. The molecule has 1 aliphatic heterocycles.